The minimum Gasteiger partial charge on any atom is -0.397 e. The number of nitrogens with one attached hydrogen (secondary N) is 1. The van der Waals surface area contributed by atoms with Crippen molar-refractivity contribution in [3.05, 3.63) is 46.1 Å². The van der Waals surface area contributed by atoms with Gasteiger partial charge in [-0.1, -0.05) is 0 Å². The first-order valence-corrected chi connectivity index (χ1v) is 8.31. The zero-order valence-corrected chi connectivity index (χ0v) is 14.7. The van der Waals surface area contributed by atoms with Gasteiger partial charge in [0.05, 0.1) is 11.3 Å². The molecule has 28 heavy (non-hydrogen) atoms. The number of amides is 1. The van der Waals surface area contributed by atoms with Crippen molar-refractivity contribution in [2.45, 2.75) is 19.3 Å². The van der Waals surface area contributed by atoms with Crippen LogP contribution in [0, 0.1) is 6.92 Å². The molecule has 3 aromatic heterocycles. The molecule has 0 spiro atoms. The van der Waals surface area contributed by atoms with Crippen molar-refractivity contribution in [2.24, 2.45) is 0 Å². The second kappa shape index (κ2) is 6.62. The second-order valence-electron chi connectivity index (χ2n) is 5.73. The standard InChI is InChI=1S/C16H10F6N4OS/c1-6-4-8(16(20,21)22)25-14-10(6)11(23)12(28-14)13(27)26-9-3-2-7(5-24-9)15(17,18)19/h2-5H,23H2,1H3,(H,24,26,27). The van der Waals surface area contributed by atoms with Crippen LogP contribution >= 0.6 is 11.3 Å². The molecule has 0 aliphatic heterocycles. The number of nitrogen functional groups attached to an aromatic ring is 1. The number of carbonyl (C=O) groups excluding carboxylic acids is 1. The van der Waals surface area contributed by atoms with Crippen molar-refractivity contribution in [2.75, 3.05) is 11.1 Å². The van der Waals surface area contributed by atoms with E-state index in [1.54, 1.807) is 0 Å². The van der Waals surface area contributed by atoms with E-state index in [-0.39, 0.29) is 32.2 Å². The van der Waals surface area contributed by atoms with Gasteiger partial charge in [0.15, 0.2) is 0 Å². The highest BCUT2D eigenvalue weighted by atomic mass is 32.1. The van der Waals surface area contributed by atoms with E-state index in [4.69, 9.17) is 5.73 Å². The van der Waals surface area contributed by atoms with Crippen LogP contribution in [-0.4, -0.2) is 15.9 Å². The third kappa shape index (κ3) is 3.72. The molecule has 0 bridgehead atoms. The Balaban J connectivity index is 1.94. The molecule has 0 aromatic carbocycles. The Labute approximate surface area is 157 Å². The van der Waals surface area contributed by atoms with Gasteiger partial charge in [-0.15, -0.1) is 11.3 Å². The van der Waals surface area contributed by atoms with Crippen molar-refractivity contribution in [3.8, 4) is 0 Å². The van der Waals surface area contributed by atoms with Crippen LogP contribution in [0.2, 0.25) is 0 Å². The van der Waals surface area contributed by atoms with Crippen LogP contribution in [0.25, 0.3) is 10.2 Å². The minimum atomic E-state index is -4.66. The first kappa shape index (κ1) is 19.9. The molecule has 0 fully saturated rings. The Hall–Kier alpha value is -2.89. The summed E-state index contributed by atoms with van der Waals surface area (Å²) in [5, 5.41) is 2.48. The average Bonchev–Trinajstić information content (AvgIpc) is 2.91. The predicted molar refractivity (Wildman–Crippen MR) is 91.0 cm³/mol. The molecule has 12 heteroatoms. The number of aryl methyl sites for hydroxylation is 1. The van der Waals surface area contributed by atoms with Crippen LogP contribution in [0.5, 0.6) is 0 Å². The molecule has 1 amide bonds. The maximum atomic E-state index is 12.9. The molecular formula is C16H10F6N4OS. The number of alkyl halides is 6. The van der Waals surface area contributed by atoms with Gasteiger partial charge in [-0.3, -0.25) is 4.79 Å². The molecule has 148 valence electrons. The second-order valence-corrected chi connectivity index (χ2v) is 6.73. The summed E-state index contributed by atoms with van der Waals surface area (Å²) in [5.41, 5.74) is 3.91. The number of nitrogens with zero attached hydrogens (tertiary/aromatic N) is 2. The average molecular weight is 420 g/mol. The summed E-state index contributed by atoms with van der Waals surface area (Å²) in [4.78, 5) is 19.2. The summed E-state index contributed by atoms with van der Waals surface area (Å²) >= 11 is 0.647. The van der Waals surface area contributed by atoms with Crippen molar-refractivity contribution in [3.63, 3.8) is 0 Å². The van der Waals surface area contributed by atoms with E-state index in [0.29, 0.717) is 17.5 Å². The maximum absolute atomic E-state index is 12.9. The number of pyridine rings is 2. The number of aromatic nitrogens is 2. The number of nitrogens with two attached hydrogens (primary N) is 1. The molecule has 3 N–H and O–H groups in total. The topological polar surface area (TPSA) is 80.9 Å². The normalized spacial score (nSPS) is 12.4. The maximum Gasteiger partial charge on any atom is 0.433 e. The molecule has 3 aromatic rings. The van der Waals surface area contributed by atoms with Gasteiger partial charge in [0.2, 0.25) is 0 Å². The zero-order valence-electron chi connectivity index (χ0n) is 13.9. The predicted octanol–water partition coefficient (Wildman–Crippen LogP) is 4.87. The molecule has 5 nitrogen and oxygen atoms in total. The van der Waals surface area contributed by atoms with Gasteiger partial charge >= 0.3 is 12.4 Å². The fraction of sp³-hybridized carbons (Fsp3) is 0.188. The van der Waals surface area contributed by atoms with E-state index in [1.165, 1.54) is 6.92 Å². The highest BCUT2D eigenvalue weighted by Crippen LogP contribution is 2.38. The smallest absolute Gasteiger partial charge is 0.397 e. The number of anilines is 2. The van der Waals surface area contributed by atoms with Gasteiger partial charge in [-0.05, 0) is 30.7 Å². The van der Waals surface area contributed by atoms with Crippen LogP contribution in [0.15, 0.2) is 24.4 Å². The quantitative estimate of drug-likeness (QED) is 0.580. The van der Waals surface area contributed by atoms with E-state index < -0.39 is 29.5 Å². The van der Waals surface area contributed by atoms with Crippen molar-refractivity contribution >= 4 is 39.0 Å². The fourth-order valence-electron chi connectivity index (χ4n) is 2.43. The molecule has 0 aliphatic rings. The SMILES string of the molecule is Cc1cc(C(F)(F)F)nc2sc(C(=O)Nc3ccc(C(F)(F)F)cn3)c(N)c12. The summed E-state index contributed by atoms with van der Waals surface area (Å²) in [6, 6.07) is 2.51. The van der Waals surface area contributed by atoms with Gasteiger partial charge in [0.25, 0.3) is 5.91 Å². The number of halogens is 6. The minimum absolute atomic E-state index is 0.0665. The Bertz CT molecular complexity index is 1060. The molecule has 3 rings (SSSR count). The van der Waals surface area contributed by atoms with Crippen LogP contribution < -0.4 is 11.1 Å². The lowest BCUT2D eigenvalue weighted by Crippen LogP contribution is -2.14. The Kier molecular flexibility index (Phi) is 4.69. The van der Waals surface area contributed by atoms with Crippen molar-refractivity contribution < 1.29 is 31.1 Å². The molecule has 0 saturated heterocycles. The molecule has 0 saturated carbocycles. The first-order chi connectivity index (χ1) is 12.9. The highest BCUT2D eigenvalue weighted by molar-refractivity contribution is 7.21. The van der Waals surface area contributed by atoms with Crippen LogP contribution in [-0.2, 0) is 12.4 Å². The summed E-state index contributed by atoms with van der Waals surface area (Å²) in [5.74, 6) is -0.990. The van der Waals surface area contributed by atoms with E-state index >= 15 is 0 Å². The van der Waals surface area contributed by atoms with Crippen LogP contribution in [0.3, 0.4) is 0 Å². The number of thiophene rings is 1. The van der Waals surface area contributed by atoms with Crippen molar-refractivity contribution in [1.82, 2.24) is 9.97 Å². The lowest BCUT2D eigenvalue weighted by atomic mass is 10.1. The van der Waals surface area contributed by atoms with Crippen LogP contribution in [0.1, 0.15) is 26.5 Å². The molecule has 0 aliphatic carbocycles. The van der Waals surface area contributed by atoms with Crippen LogP contribution in [0.4, 0.5) is 37.8 Å². The third-order valence-corrected chi connectivity index (χ3v) is 4.82. The van der Waals surface area contributed by atoms with E-state index in [2.05, 4.69) is 15.3 Å². The highest BCUT2D eigenvalue weighted by Gasteiger charge is 2.34. The Morgan fingerprint density at radius 2 is 1.82 bits per heavy atom. The first-order valence-electron chi connectivity index (χ1n) is 7.49. The zero-order chi connectivity index (χ0) is 20.9. The Morgan fingerprint density at radius 3 is 2.36 bits per heavy atom. The molecule has 0 unspecified atom stereocenters. The number of hydrogen-bond acceptors (Lipinski definition) is 5. The largest absolute Gasteiger partial charge is 0.433 e. The van der Waals surface area contributed by atoms with Gasteiger partial charge in [0.1, 0.15) is 21.2 Å². The number of rotatable bonds is 2. The van der Waals surface area contributed by atoms with Gasteiger partial charge in [-0.25, -0.2) is 9.97 Å². The fourth-order valence-corrected chi connectivity index (χ4v) is 3.50. The molecule has 0 atom stereocenters. The lowest BCUT2D eigenvalue weighted by Gasteiger charge is -2.08. The molecule has 0 radical (unpaired) electrons. The Morgan fingerprint density at radius 1 is 1.14 bits per heavy atom. The molecular weight excluding hydrogens is 410 g/mol. The summed E-state index contributed by atoms with van der Waals surface area (Å²) in [6.07, 6.45) is -8.69. The third-order valence-electron chi connectivity index (χ3n) is 3.73. The number of carbonyl (C=O) groups is 1. The van der Waals surface area contributed by atoms with Gasteiger partial charge < -0.3 is 11.1 Å². The van der Waals surface area contributed by atoms with E-state index in [1.807, 2.05) is 0 Å². The van der Waals surface area contributed by atoms with E-state index in [0.717, 1.165) is 18.2 Å². The van der Waals surface area contributed by atoms with E-state index in [9.17, 15) is 31.1 Å². The molecule has 3 heterocycles. The lowest BCUT2D eigenvalue weighted by molar-refractivity contribution is -0.141. The monoisotopic (exact) mass is 420 g/mol. The summed E-state index contributed by atoms with van der Waals surface area (Å²) < 4.78 is 76.4. The number of fused-ring (bicyclic) bond motifs is 1. The number of hydrogen-bond donors (Lipinski definition) is 2. The summed E-state index contributed by atoms with van der Waals surface area (Å²) in [7, 11) is 0. The van der Waals surface area contributed by atoms with Crippen molar-refractivity contribution in [1.29, 1.82) is 0 Å². The summed E-state index contributed by atoms with van der Waals surface area (Å²) in [6.45, 7) is 1.40. The van der Waals surface area contributed by atoms with Gasteiger partial charge in [-0.2, -0.15) is 26.3 Å². The van der Waals surface area contributed by atoms with Gasteiger partial charge in [0, 0.05) is 11.6 Å².